The van der Waals surface area contributed by atoms with Gasteiger partial charge in [0.25, 0.3) is 0 Å². The van der Waals surface area contributed by atoms with Crippen molar-refractivity contribution in [2.24, 2.45) is 0 Å². The third kappa shape index (κ3) is 2.95. The Balaban J connectivity index is 1.62. The molecule has 2 nitrogen and oxygen atoms in total. The van der Waals surface area contributed by atoms with Crippen molar-refractivity contribution in [1.82, 2.24) is 0 Å². The number of benzene rings is 4. The molecule has 1 aliphatic carbocycles. The van der Waals surface area contributed by atoms with E-state index in [0.717, 1.165) is 29.3 Å². The molecule has 4 aromatic rings. The molecule has 4 aromatic carbocycles. The number of para-hydroxylation sites is 4. The summed E-state index contributed by atoms with van der Waals surface area (Å²) in [5, 5.41) is 0. The Morgan fingerprint density at radius 3 is 2.00 bits per heavy atom. The molecule has 150 valence electrons. The van der Waals surface area contributed by atoms with Crippen LogP contribution in [0, 0.1) is 6.92 Å². The van der Waals surface area contributed by atoms with Gasteiger partial charge in [0.15, 0.2) is 11.5 Å². The summed E-state index contributed by atoms with van der Waals surface area (Å²) in [5.41, 5.74) is 11.2. The van der Waals surface area contributed by atoms with E-state index in [9.17, 15) is 0 Å². The number of allylic oxidation sites excluding steroid dienone is 1. The van der Waals surface area contributed by atoms with Crippen molar-refractivity contribution in [3.05, 3.63) is 107 Å². The average Bonchev–Trinajstić information content (AvgIpc) is 3.17. The molecule has 0 saturated carbocycles. The maximum absolute atomic E-state index is 6.24. The zero-order valence-corrected chi connectivity index (χ0v) is 17.7. The van der Waals surface area contributed by atoms with Crippen LogP contribution in [0.25, 0.3) is 17.2 Å². The number of fused-ring (bicyclic) bond motifs is 3. The highest BCUT2D eigenvalue weighted by atomic mass is 16.5. The number of rotatable bonds is 2. The highest BCUT2D eigenvalue weighted by molar-refractivity contribution is 5.93. The van der Waals surface area contributed by atoms with Gasteiger partial charge in [-0.3, -0.25) is 0 Å². The van der Waals surface area contributed by atoms with Crippen LogP contribution in [0.4, 0.5) is 17.1 Å². The first-order valence-electron chi connectivity index (χ1n) is 10.7. The van der Waals surface area contributed by atoms with Crippen LogP contribution in [-0.2, 0) is 6.42 Å². The van der Waals surface area contributed by atoms with Crippen LogP contribution < -0.4 is 9.64 Å². The number of ether oxygens (including phenoxy) is 1. The highest BCUT2D eigenvalue weighted by Gasteiger charge is 2.28. The van der Waals surface area contributed by atoms with Crippen LogP contribution in [0.1, 0.15) is 23.6 Å². The van der Waals surface area contributed by atoms with Gasteiger partial charge < -0.3 is 9.64 Å². The van der Waals surface area contributed by atoms with Gasteiger partial charge >= 0.3 is 0 Å². The maximum Gasteiger partial charge on any atom is 0.151 e. The lowest BCUT2D eigenvalue weighted by Crippen LogP contribution is -2.17. The van der Waals surface area contributed by atoms with Crippen LogP contribution in [0.5, 0.6) is 11.5 Å². The molecule has 0 fully saturated rings. The molecule has 0 atom stereocenters. The Hall–Kier alpha value is -3.78. The number of hydrogen-bond acceptors (Lipinski definition) is 2. The summed E-state index contributed by atoms with van der Waals surface area (Å²) in [4.78, 5) is 2.36. The number of nitrogens with zero attached hydrogens (tertiary/aromatic N) is 1. The van der Waals surface area contributed by atoms with Crippen LogP contribution in [-0.4, -0.2) is 0 Å². The smallest absolute Gasteiger partial charge is 0.151 e. The monoisotopic (exact) mass is 401 g/mol. The lowest BCUT2D eigenvalue weighted by molar-refractivity contribution is 0.477. The second-order valence-corrected chi connectivity index (χ2v) is 8.47. The largest absolute Gasteiger partial charge is 0.453 e. The minimum Gasteiger partial charge on any atom is -0.453 e. The van der Waals surface area contributed by atoms with E-state index in [1.54, 1.807) is 0 Å². The van der Waals surface area contributed by atoms with E-state index >= 15 is 0 Å². The predicted octanol–water partition coefficient (Wildman–Crippen LogP) is 8.20. The summed E-state index contributed by atoms with van der Waals surface area (Å²) in [6.45, 7) is 4.35. The Labute approximate surface area is 183 Å². The fraction of sp³-hybridized carbons (Fsp3) is 0.103. The predicted molar refractivity (Wildman–Crippen MR) is 129 cm³/mol. The average molecular weight is 402 g/mol. The van der Waals surface area contributed by atoms with Crippen molar-refractivity contribution < 1.29 is 4.74 Å². The fourth-order valence-electron chi connectivity index (χ4n) is 4.67. The van der Waals surface area contributed by atoms with Crippen molar-refractivity contribution in [1.29, 1.82) is 0 Å². The van der Waals surface area contributed by atoms with Crippen molar-refractivity contribution in [2.45, 2.75) is 20.3 Å². The maximum atomic E-state index is 6.24. The van der Waals surface area contributed by atoms with Crippen molar-refractivity contribution in [2.75, 3.05) is 4.90 Å². The van der Waals surface area contributed by atoms with Crippen LogP contribution >= 0.6 is 0 Å². The molecule has 0 aromatic heterocycles. The first-order valence-corrected chi connectivity index (χ1v) is 10.7. The normalized spacial score (nSPS) is 13.7. The lowest BCUT2D eigenvalue weighted by Gasteiger charge is -2.34. The quantitative estimate of drug-likeness (QED) is 0.295. The van der Waals surface area contributed by atoms with Gasteiger partial charge in [0.05, 0.1) is 17.1 Å². The summed E-state index contributed by atoms with van der Waals surface area (Å²) in [7, 11) is 0. The summed E-state index contributed by atoms with van der Waals surface area (Å²) >= 11 is 0. The zero-order valence-electron chi connectivity index (χ0n) is 17.7. The molecule has 0 spiro atoms. The minimum atomic E-state index is 0.884. The van der Waals surface area contributed by atoms with E-state index in [0.29, 0.717) is 0 Å². The van der Waals surface area contributed by atoms with Gasteiger partial charge in [0.2, 0.25) is 0 Å². The second kappa shape index (κ2) is 6.88. The molecule has 0 N–H and O–H groups in total. The Bertz CT molecular complexity index is 1300. The third-order valence-corrected chi connectivity index (χ3v) is 6.16. The Morgan fingerprint density at radius 1 is 0.677 bits per heavy atom. The van der Waals surface area contributed by atoms with E-state index in [4.69, 9.17) is 4.74 Å². The molecule has 6 rings (SSSR count). The molecule has 0 radical (unpaired) electrons. The standard InChI is InChI=1S/C29H23NO/c1-19-11-13-21(14-12-19)22-17-23-15-20(2)16-24(23)27(18-22)30-25-7-3-5-9-28(25)31-29-10-6-4-8-26(29)30/h3-14,16-18H,15H2,1-2H3. The topological polar surface area (TPSA) is 12.5 Å². The molecule has 31 heavy (non-hydrogen) atoms. The van der Waals surface area contributed by atoms with E-state index in [1.807, 2.05) is 24.3 Å². The van der Waals surface area contributed by atoms with Gasteiger partial charge in [0, 0.05) is 5.56 Å². The van der Waals surface area contributed by atoms with Gasteiger partial charge in [-0.1, -0.05) is 71.8 Å². The van der Waals surface area contributed by atoms with Crippen LogP contribution in [0.15, 0.2) is 90.5 Å². The summed E-state index contributed by atoms with van der Waals surface area (Å²) in [5.74, 6) is 1.77. The molecule has 2 heteroatoms. The molecule has 1 heterocycles. The molecule has 2 aliphatic rings. The van der Waals surface area contributed by atoms with Crippen molar-refractivity contribution in [3.63, 3.8) is 0 Å². The third-order valence-electron chi connectivity index (χ3n) is 6.16. The molecule has 1 aliphatic heterocycles. The summed E-state index contributed by atoms with van der Waals surface area (Å²) in [6, 6.07) is 30.1. The highest BCUT2D eigenvalue weighted by Crippen LogP contribution is 2.52. The molecule has 0 bridgehead atoms. The SMILES string of the molecule is CC1=Cc2c(cc(-c3ccc(C)cc3)cc2N2c3ccccc3Oc3ccccc32)C1. The van der Waals surface area contributed by atoms with Crippen LogP contribution in [0.2, 0.25) is 0 Å². The molecule has 0 amide bonds. The van der Waals surface area contributed by atoms with Crippen molar-refractivity contribution >= 4 is 23.1 Å². The molecular formula is C29H23NO. The van der Waals surface area contributed by atoms with Gasteiger partial charge in [0.1, 0.15) is 0 Å². The van der Waals surface area contributed by atoms with Gasteiger partial charge in [-0.05, 0) is 67.3 Å². The van der Waals surface area contributed by atoms with Crippen LogP contribution in [0.3, 0.4) is 0 Å². The van der Waals surface area contributed by atoms with Gasteiger partial charge in [-0.15, -0.1) is 0 Å². The number of hydrogen-bond donors (Lipinski definition) is 0. The van der Waals surface area contributed by atoms with E-state index < -0.39 is 0 Å². The number of aryl methyl sites for hydroxylation is 1. The van der Waals surface area contributed by atoms with E-state index in [1.165, 1.54) is 39.1 Å². The van der Waals surface area contributed by atoms with Gasteiger partial charge in [-0.25, -0.2) is 0 Å². The Kier molecular flexibility index (Phi) is 4.00. The lowest BCUT2D eigenvalue weighted by atomic mass is 9.96. The first kappa shape index (κ1) is 18.0. The molecule has 0 unspecified atom stereocenters. The fourth-order valence-corrected chi connectivity index (χ4v) is 4.67. The summed E-state index contributed by atoms with van der Waals surface area (Å²) in [6.07, 6.45) is 3.33. The first-order chi connectivity index (χ1) is 15.2. The minimum absolute atomic E-state index is 0.884. The van der Waals surface area contributed by atoms with E-state index in [2.05, 4.69) is 85.5 Å². The van der Waals surface area contributed by atoms with Gasteiger partial charge in [-0.2, -0.15) is 0 Å². The Morgan fingerprint density at radius 2 is 1.32 bits per heavy atom. The van der Waals surface area contributed by atoms with E-state index in [-0.39, 0.29) is 0 Å². The number of anilines is 3. The van der Waals surface area contributed by atoms with Crippen molar-refractivity contribution in [3.8, 4) is 22.6 Å². The molecular weight excluding hydrogens is 378 g/mol. The second-order valence-electron chi connectivity index (χ2n) is 8.47. The zero-order chi connectivity index (χ0) is 20.9. The molecule has 0 saturated heterocycles. The summed E-state index contributed by atoms with van der Waals surface area (Å²) < 4.78 is 6.24.